The molecule has 6 nitrogen and oxygen atoms in total. The number of aliphatic hydroxyl groups is 1. The average molecular weight is 295 g/mol. The van der Waals surface area contributed by atoms with Crippen LogP contribution in [0, 0.1) is 0 Å². The molecule has 0 saturated heterocycles. The second-order valence-corrected chi connectivity index (χ2v) is 4.83. The second kappa shape index (κ2) is 6.49. The van der Waals surface area contributed by atoms with E-state index in [1.54, 1.807) is 37.4 Å². The van der Waals surface area contributed by atoms with Gasteiger partial charge in [-0.1, -0.05) is 22.9 Å². The Labute approximate surface area is 121 Å². The zero-order valence-corrected chi connectivity index (χ0v) is 11.7. The molecule has 0 saturated carbocycles. The number of amides is 1. The van der Waals surface area contributed by atoms with Crippen molar-refractivity contribution in [2.45, 2.75) is 26.0 Å². The molecule has 7 heteroatoms. The van der Waals surface area contributed by atoms with Crippen LogP contribution in [-0.2, 0) is 11.3 Å². The summed E-state index contributed by atoms with van der Waals surface area (Å²) in [4.78, 5) is 11.8. The lowest BCUT2D eigenvalue weighted by atomic mass is 10.3. The van der Waals surface area contributed by atoms with Crippen LogP contribution in [0.25, 0.3) is 0 Å². The van der Waals surface area contributed by atoms with Gasteiger partial charge in [0.25, 0.3) is 0 Å². The SMILES string of the molecule is CC(O)c1cn(CCC(=O)Nc2cccc(Cl)c2)nn1. The molecule has 2 aromatic rings. The molecule has 0 spiro atoms. The number of aryl methyl sites for hydroxylation is 1. The van der Waals surface area contributed by atoms with E-state index in [2.05, 4.69) is 15.6 Å². The summed E-state index contributed by atoms with van der Waals surface area (Å²) in [5.41, 5.74) is 1.14. The van der Waals surface area contributed by atoms with E-state index in [0.29, 0.717) is 22.9 Å². The number of benzene rings is 1. The molecule has 0 aliphatic carbocycles. The van der Waals surface area contributed by atoms with E-state index in [0.717, 1.165) is 0 Å². The van der Waals surface area contributed by atoms with Gasteiger partial charge in [0, 0.05) is 17.1 Å². The summed E-state index contributed by atoms with van der Waals surface area (Å²) in [6.07, 6.45) is 1.22. The first-order chi connectivity index (χ1) is 9.54. The van der Waals surface area contributed by atoms with E-state index < -0.39 is 6.10 Å². The Kier molecular flexibility index (Phi) is 4.70. The van der Waals surface area contributed by atoms with Gasteiger partial charge in [-0.15, -0.1) is 5.10 Å². The van der Waals surface area contributed by atoms with Gasteiger partial charge in [-0.25, -0.2) is 0 Å². The third-order valence-electron chi connectivity index (χ3n) is 2.66. The summed E-state index contributed by atoms with van der Waals surface area (Å²) in [7, 11) is 0. The molecular weight excluding hydrogens is 280 g/mol. The topological polar surface area (TPSA) is 80.0 Å². The molecule has 0 fully saturated rings. The van der Waals surface area contributed by atoms with Gasteiger partial charge in [0.15, 0.2) is 0 Å². The molecule has 2 N–H and O–H groups in total. The molecule has 20 heavy (non-hydrogen) atoms. The molecule has 106 valence electrons. The first-order valence-corrected chi connectivity index (χ1v) is 6.56. The molecule has 0 aliphatic heterocycles. The fourth-order valence-corrected chi connectivity index (χ4v) is 1.81. The normalized spacial score (nSPS) is 12.2. The van der Waals surface area contributed by atoms with Crippen LogP contribution in [0.2, 0.25) is 5.02 Å². The minimum Gasteiger partial charge on any atom is -0.387 e. The average Bonchev–Trinajstić information content (AvgIpc) is 2.85. The maximum atomic E-state index is 11.8. The minimum absolute atomic E-state index is 0.138. The van der Waals surface area contributed by atoms with Crippen LogP contribution in [0.1, 0.15) is 25.1 Å². The third-order valence-corrected chi connectivity index (χ3v) is 2.90. The first kappa shape index (κ1) is 14.5. The van der Waals surface area contributed by atoms with E-state index in [1.807, 2.05) is 0 Å². The molecule has 1 amide bonds. The first-order valence-electron chi connectivity index (χ1n) is 6.18. The fraction of sp³-hybridized carbons (Fsp3) is 0.308. The monoisotopic (exact) mass is 294 g/mol. The van der Waals surface area contributed by atoms with Crippen molar-refractivity contribution in [1.82, 2.24) is 15.0 Å². The van der Waals surface area contributed by atoms with E-state index >= 15 is 0 Å². The summed E-state index contributed by atoms with van der Waals surface area (Å²) >= 11 is 5.84. The fourth-order valence-electron chi connectivity index (χ4n) is 1.62. The quantitative estimate of drug-likeness (QED) is 0.884. The second-order valence-electron chi connectivity index (χ2n) is 4.39. The van der Waals surface area contributed by atoms with Crippen molar-refractivity contribution in [3.05, 3.63) is 41.2 Å². The van der Waals surface area contributed by atoms with Crippen LogP contribution in [0.3, 0.4) is 0 Å². The number of hydrogen-bond acceptors (Lipinski definition) is 4. The van der Waals surface area contributed by atoms with Gasteiger partial charge in [0.2, 0.25) is 5.91 Å². The zero-order chi connectivity index (χ0) is 14.5. The van der Waals surface area contributed by atoms with Crippen LogP contribution in [0.4, 0.5) is 5.69 Å². The number of carbonyl (C=O) groups excluding carboxylic acids is 1. The molecule has 1 unspecified atom stereocenters. The van der Waals surface area contributed by atoms with Crippen molar-refractivity contribution in [3.8, 4) is 0 Å². The Bertz CT molecular complexity index is 598. The molecule has 1 heterocycles. The molecule has 0 bridgehead atoms. The number of carbonyl (C=O) groups is 1. The smallest absolute Gasteiger partial charge is 0.226 e. The van der Waals surface area contributed by atoms with Gasteiger partial charge in [0.1, 0.15) is 5.69 Å². The lowest BCUT2D eigenvalue weighted by molar-refractivity contribution is -0.116. The van der Waals surface area contributed by atoms with Crippen LogP contribution < -0.4 is 5.32 Å². The van der Waals surface area contributed by atoms with Crippen LogP contribution in [-0.4, -0.2) is 26.0 Å². The van der Waals surface area contributed by atoms with E-state index in [9.17, 15) is 9.90 Å². The van der Waals surface area contributed by atoms with Crippen molar-refractivity contribution in [1.29, 1.82) is 0 Å². The molecule has 1 aromatic heterocycles. The van der Waals surface area contributed by atoms with E-state index in [1.165, 1.54) is 4.68 Å². The Morgan fingerprint density at radius 3 is 3.00 bits per heavy atom. The highest BCUT2D eigenvalue weighted by atomic mass is 35.5. The number of anilines is 1. The minimum atomic E-state index is -0.663. The van der Waals surface area contributed by atoms with Gasteiger partial charge in [-0.2, -0.15) is 0 Å². The largest absolute Gasteiger partial charge is 0.387 e. The highest BCUT2D eigenvalue weighted by Crippen LogP contribution is 2.15. The zero-order valence-electron chi connectivity index (χ0n) is 11.0. The van der Waals surface area contributed by atoms with Crippen molar-refractivity contribution in [2.24, 2.45) is 0 Å². The summed E-state index contributed by atoms with van der Waals surface area (Å²) in [6.45, 7) is 2.01. The number of halogens is 1. The van der Waals surface area contributed by atoms with Crippen molar-refractivity contribution >= 4 is 23.2 Å². The summed E-state index contributed by atoms with van der Waals surface area (Å²) in [6, 6.07) is 6.96. The van der Waals surface area contributed by atoms with Gasteiger partial charge < -0.3 is 10.4 Å². The number of aromatic nitrogens is 3. The van der Waals surface area contributed by atoms with Crippen LogP contribution in [0.15, 0.2) is 30.5 Å². The highest BCUT2D eigenvalue weighted by molar-refractivity contribution is 6.30. The third kappa shape index (κ3) is 4.04. The molecule has 2 rings (SSSR count). The summed E-state index contributed by atoms with van der Waals surface area (Å²) in [5.74, 6) is -0.138. The molecular formula is C13H15ClN4O2. The van der Waals surface area contributed by atoms with Crippen molar-refractivity contribution in [2.75, 3.05) is 5.32 Å². The Hall–Kier alpha value is -1.92. The maximum Gasteiger partial charge on any atom is 0.226 e. The predicted molar refractivity (Wildman–Crippen MR) is 75.4 cm³/mol. The maximum absolute atomic E-state index is 11.8. The van der Waals surface area contributed by atoms with Gasteiger partial charge in [-0.05, 0) is 25.1 Å². The van der Waals surface area contributed by atoms with E-state index in [4.69, 9.17) is 11.6 Å². The number of nitrogens with one attached hydrogen (secondary N) is 1. The predicted octanol–water partition coefficient (Wildman–Crippen LogP) is 2.01. The van der Waals surface area contributed by atoms with E-state index in [-0.39, 0.29) is 12.3 Å². The van der Waals surface area contributed by atoms with Gasteiger partial charge >= 0.3 is 0 Å². The van der Waals surface area contributed by atoms with Crippen molar-refractivity contribution in [3.63, 3.8) is 0 Å². The molecule has 1 aromatic carbocycles. The Morgan fingerprint density at radius 1 is 1.55 bits per heavy atom. The lowest BCUT2D eigenvalue weighted by Crippen LogP contribution is -2.14. The number of aliphatic hydroxyl groups excluding tert-OH is 1. The number of nitrogens with zero attached hydrogens (tertiary/aromatic N) is 3. The number of rotatable bonds is 5. The molecule has 1 atom stereocenters. The standard InChI is InChI=1S/C13H15ClN4O2/c1-9(19)12-8-18(17-16-12)6-5-13(20)15-11-4-2-3-10(14)7-11/h2-4,7-9,19H,5-6H2,1H3,(H,15,20). The summed E-state index contributed by atoms with van der Waals surface area (Å²) in [5, 5.41) is 20.3. The Balaban J connectivity index is 1.85. The van der Waals surface area contributed by atoms with Gasteiger partial charge in [-0.3, -0.25) is 9.48 Å². The highest BCUT2D eigenvalue weighted by Gasteiger charge is 2.08. The van der Waals surface area contributed by atoms with Crippen molar-refractivity contribution < 1.29 is 9.90 Å². The molecule has 0 aliphatic rings. The van der Waals surface area contributed by atoms with Crippen LogP contribution in [0.5, 0.6) is 0 Å². The Morgan fingerprint density at radius 2 is 2.35 bits per heavy atom. The summed E-state index contributed by atoms with van der Waals surface area (Å²) < 4.78 is 1.53. The van der Waals surface area contributed by atoms with Crippen LogP contribution >= 0.6 is 11.6 Å². The molecule has 0 radical (unpaired) electrons. The number of hydrogen-bond donors (Lipinski definition) is 2. The van der Waals surface area contributed by atoms with Gasteiger partial charge in [0.05, 0.1) is 18.8 Å². The lowest BCUT2D eigenvalue weighted by Gasteiger charge is -2.05.